The highest BCUT2D eigenvalue weighted by Gasteiger charge is 2.20. The van der Waals surface area contributed by atoms with Crippen LogP contribution in [0.1, 0.15) is 24.0 Å². The summed E-state index contributed by atoms with van der Waals surface area (Å²) in [5, 5.41) is 0. The van der Waals surface area contributed by atoms with Crippen LogP contribution in [0.4, 0.5) is 11.4 Å². The number of rotatable bonds is 3. The van der Waals surface area contributed by atoms with E-state index in [0.29, 0.717) is 0 Å². The van der Waals surface area contributed by atoms with Gasteiger partial charge in [0.05, 0.1) is 11.4 Å². The predicted molar refractivity (Wildman–Crippen MR) is 79.7 cm³/mol. The molecule has 0 amide bonds. The first-order valence-electron chi connectivity index (χ1n) is 6.91. The van der Waals surface area contributed by atoms with Gasteiger partial charge in [0, 0.05) is 26.7 Å². The van der Waals surface area contributed by atoms with Gasteiger partial charge < -0.3 is 15.5 Å². The summed E-state index contributed by atoms with van der Waals surface area (Å²) >= 11 is 0. The molecule has 0 saturated heterocycles. The molecular weight excluding hydrogens is 222 g/mol. The topological polar surface area (TPSA) is 32.5 Å². The lowest BCUT2D eigenvalue weighted by Crippen LogP contribution is -2.26. The number of benzene rings is 1. The predicted octanol–water partition coefficient (Wildman–Crippen LogP) is 2.30. The van der Waals surface area contributed by atoms with Crippen molar-refractivity contribution in [2.45, 2.75) is 26.7 Å². The number of aryl methyl sites for hydroxylation is 2. The minimum absolute atomic E-state index is 0.770. The zero-order chi connectivity index (χ0) is 13.1. The van der Waals surface area contributed by atoms with Crippen LogP contribution in [0.2, 0.25) is 0 Å². The quantitative estimate of drug-likeness (QED) is 0.889. The third-order valence-corrected chi connectivity index (χ3v) is 3.70. The number of nitrogens with two attached hydrogens (primary N) is 1. The minimum Gasteiger partial charge on any atom is -0.373 e. The van der Waals surface area contributed by atoms with Crippen molar-refractivity contribution in [2.75, 3.05) is 43.0 Å². The first-order chi connectivity index (χ1) is 8.63. The van der Waals surface area contributed by atoms with Crippen LogP contribution in [-0.2, 0) is 0 Å². The Morgan fingerprint density at radius 3 is 2.72 bits per heavy atom. The van der Waals surface area contributed by atoms with Crippen LogP contribution in [0.3, 0.4) is 0 Å². The monoisotopic (exact) mass is 247 g/mol. The molecule has 1 aliphatic rings. The molecule has 0 aromatic heterocycles. The Kier molecular flexibility index (Phi) is 4.12. The number of hydrogen-bond acceptors (Lipinski definition) is 3. The van der Waals surface area contributed by atoms with Crippen LogP contribution in [0.15, 0.2) is 12.1 Å². The van der Waals surface area contributed by atoms with Crippen molar-refractivity contribution >= 4 is 11.4 Å². The molecule has 0 fully saturated rings. The first kappa shape index (κ1) is 13.2. The maximum atomic E-state index is 5.65. The number of hydrogen-bond donors (Lipinski definition) is 1. The van der Waals surface area contributed by atoms with Gasteiger partial charge in [0.15, 0.2) is 0 Å². The summed E-state index contributed by atoms with van der Waals surface area (Å²) in [6.07, 6.45) is 2.28. The lowest BCUT2D eigenvalue weighted by atomic mass is 10.1. The highest BCUT2D eigenvalue weighted by molar-refractivity contribution is 5.76. The van der Waals surface area contributed by atoms with Crippen LogP contribution >= 0.6 is 0 Å². The van der Waals surface area contributed by atoms with E-state index in [1.807, 2.05) is 0 Å². The molecule has 1 heterocycles. The van der Waals surface area contributed by atoms with Gasteiger partial charge in [0.25, 0.3) is 0 Å². The van der Waals surface area contributed by atoms with Gasteiger partial charge in [0.2, 0.25) is 0 Å². The molecule has 0 atom stereocenters. The number of anilines is 2. The zero-order valence-electron chi connectivity index (χ0n) is 11.9. The van der Waals surface area contributed by atoms with Crippen LogP contribution in [-0.4, -0.2) is 33.2 Å². The van der Waals surface area contributed by atoms with E-state index in [9.17, 15) is 0 Å². The van der Waals surface area contributed by atoms with Crippen molar-refractivity contribution in [3.63, 3.8) is 0 Å². The Hall–Kier alpha value is -1.22. The Morgan fingerprint density at radius 1 is 1.22 bits per heavy atom. The number of fused-ring (bicyclic) bond motifs is 1. The Morgan fingerprint density at radius 2 is 2.00 bits per heavy atom. The molecule has 100 valence electrons. The van der Waals surface area contributed by atoms with Gasteiger partial charge in [-0.3, -0.25) is 0 Å². The van der Waals surface area contributed by atoms with Crippen molar-refractivity contribution in [1.29, 1.82) is 0 Å². The molecule has 0 aliphatic carbocycles. The summed E-state index contributed by atoms with van der Waals surface area (Å²) < 4.78 is 0. The van der Waals surface area contributed by atoms with Gasteiger partial charge in [-0.2, -0.15) is 0 Å². The highest BCUT2D eigenvalue weighted by atomic mass is 15.2. The summed E-state index contributed by atoms with van der Waals surface area (Å²) in [6.45, 7) is 8.51. The van der Waals surface area contributed by atoms with E-state index in [0.717, 1.165) is 32.6 Å². The zero-order valence-corrected chi connectivity index (χ0v) is 11.9. The van der Waals surface area contributed by atoms with Crippen LogP contribution in [0.25, 0.3) is 0 Å². The Bertz CT molecular complexity index is 414. The lowest BCUT2D eigenvalue weighted by molar-refractivity contribution is 0.710. The molecule has 3 nitrogen and oxygen atoms in total. The summed E-state index contributed by atoms with van der Waals surface area (Å²) in [5.41, 5.74) is 11.2. The molecule has 1 aromatic rings. The van der Waals surface area contributed by atoms with Crippen LogP contribution in [0, 0.1) is 13.8 Å². The van der Waals surface area contributed by atoms with E-state index < -0.39 is 0 Å². The summed E-state index contributed by atoms with van der Waals surface area (Å²) in [6, 6.07) is 4.60. The smallest absolute Gasteiger partial charge is 0.0631 e. The van der Waals surface area contributed by atoms with E-state index in [-0.39, 0.29) is 0 Å². The molecule has 1 aromatic carbocycles. The fourth-order valence-electron chi connectivity index (χ4n) is 2.92. The lowest BCUT2D eigenvalue weighted by Gasteiger charge is -2.28. The van der Waals surface area contributed by atoms with Crippen LogP contribution in [0.5, 0.6) is 0 Å². The Balaban J connectivity index is 2.40. The average molecular weight is 247 g/mol. The van der Waals surface area contributed by atoms with Crippen molar-refractivity contribution in [3.05, 3.63) is 23.3 Å². The van der Waals surface area contributed by atoms with Gasteiger partial charge >= 0.3 is 0 Å². The minimum atomic E-state index is 0.770. The highest BCUT2D eigenvalue weighted by Crippen LogP contribution is 2.35. The van der Waals surface area contributed by atoms with E-state index in [2.05, 4.69) is 42.8 Å². The normalized spacial score (nSPS) is 15.6. The third-order valence-electron chi connectivity index (χ3n) is 3.70. The van der Waals surface area contributed by atoms with Gasteiger partial charge in [0.1, 0.15) is 0 Å². The van der Waals surface area contributed by atoms with Gasteiger partial charge in [-0.25, -0.2) is 0 Å². The van der Waals surface area contributed by atoms with Crippen molar-refractivity contribution in [3.8, 4) is 0 Å². The fourth-order valence-corrected chi connectivity index (χ4v) is 2.92. The molecule has 1 aliphatic heterocycles. The standard InChI is InChI=1S/C15H25N3/c1-12-10-13(2)15-14(11-12)18(8-4-6-16)9-5-7-17(15)3/h10-11H,4-9,16H2,1-3H3. The second-order valence-corrected chi connectivity index (χ2v) is 5.35. The summed E-state index contributed by atoms with van der Waals surface area (Å²) in [7, 11) is 2.20. The molecule has 2 N–H and O–H groups in total. The van der Waals surface area contributed by atoms with Crippen molar-refractivity contribution in [2.24, 2.45) is 5.73 Å². The van der Waals surface area contributed by atoms with E-state index in [4.69, 9.17) is 5.73 Å². The Labute approximate surface area is 111 Å². The van der Waals surface area contributed by atoms with E-state index in [1.54, 1.807) is 0 Å². The van der Waals surface area contributed by atoms with E-state index >= 15 is 0 Å². The van der Waals surface area contributed by atoms with Gasteiger partial charge in [-0.05, 0) is 50.4 Å². The van der Waals surface area contributed by atoms with Gasteiger partial charge in [-0.1, -0.05) is 6.07 Å². The maximum absolute atomic E-state index is 5.65. The number of nitrogens with zero attached hydrogens (tertiary/aromatic N) is 2. The largest absolute Gasteiger partial charge is 0.373 e. The van der Waals surface area contributed by atoms with E-state index in [1.165, 1.54) is 28.9 Å². The molecular formula is C15H25N3. The summed E-state index contributed by atoms with van der Waals surface area (Å²) in [4.78, 5) is 4.90. The van der Waals surface area contributed by atoms with Crippen LogP contribution < -0.4 is 15.5 Å². The molecule has 18 heavy (non-hydrogen) atoms. The molecule has 0 spiro atoms. The first-order valence-corrected chi connectivity index (χ1v) is 6.91. The fraction of sp³-hybridized carbons (Fsp3) is 0.600. The SMILES string of the molecule is Cc1cc(C)c2c(c1)N(CCCN)CCCN2C. The molecule has 0 bridgehead atoms. The summed E-state index contributed by atoms with van der Waals surface area (Å²) in [5.74, 6) is 0. The second-order valence-electron chi connectivity index (χ2n) is 5.35. The molecule has 0 unspecified atom stereocenters. The molecule has 3 heteroatoms. The molecule has 0 radical (unpaired) electrons. The third kappa shape index (κ3) is 2.61. The van der Waals surface area contributed by atoms with Crippen molar-refractivity contribution < 1.29 is 0 Å². The second kappa shape index (κ2) is 5.61. The maximum Gasteiger partial charge on any atom is 0.0631 e. The van der Waals surface area contributed by atoms with Gasteiger partial charge in [-0.15, -0.1) is 0 Å². The van der Waals surface area contributed by atoms with Crippen molar-refractivity contribution in [1.82, 2.24) is 0 Å². The molecule has 0 saturated carbocycles. The average Bonchev–Trinajstić information content (AvgIpc) is 2.46. The molecule has 2 rings (SSSR count).